The van der Waals surface area contributed by atoms with Crippen LogP contribution in [-0.4, -0.2) is 22.8 Å². The molecule has 0 bridgehead atoms. The first-order chi connectivity index (χ1) is 5.36. The second-order valence-electron chi connectivity index (χ2n) is 2.04. The first kappa shape index (κ1) is 6.09. The number of fused-ring (bicyclic) bond motifs is 1. The lowest BCUT2D eigenvalue weighted by atomic mass is 10.5. The molecule has 2 heterocycles. The molecular formula is C6H6N4O. The van der Waals surface area contributed by atoms with Crippen LogP contribution < -0.4 is 10.5 Å². The average Bonchev–Trinajstić information content (AvgIpc) is 2.04. The summed E-state index contributed by atoms with van der Waals surface area (Å²) in [4.78, 5) is 11.6. The molecule has 0 aliphatic carbocycles. The number of aliphatic imine (C=N–C) groups is 1. The normalized spacial score (nSPS) is 13.8. The van der Waals surface area contributed by atoms with E-state index in [0.29, 0.717) is 18.2 Å². The highest BCUT2D eigenvalue weighted by Gasteiger charge is 2.07. The molecule has 0 radical (unpaired) electrons. The molecule has 0 spiro atoms. The third-order valence-electron chi connectivity index (χ3n) is 1.28. The fourth-order valence-corrected chi connectivity index (χ4v) is 0.820. The Kier molecular flexibility index (Phi) is 1.21. The van der Waals surface area contributed by atoms with E-state index < -0.39 is 0 Å². The number of aromatic nitrogens is 2. The zero-order valence-corrected chi connectivity index (χ0v) is 5.69. The third-order valence-corrected chi connectivity index (χ3v) is 1.28. The van der Waals surface area contributed by atoms with Gasteiger partial charge in [-0.05, 0) is 0 Å². The van der Waals surface area contributed by atoms with Gasteiger partial charge in [0.15, 0.2) is 11.6 Å². The minimum absolute atomic E-state index is 0.214. The molecule has 11 heavy (non-hydrogen) atoms. The average molecular weight is 150 g/mol. The van der Waals surface area contributed by atoms with Crippen LogP contribution >= 0.6 is 0 Å². The van der Waals surface area contributed by atoms with Crippen molar-refractivity contribution in [1.82, 2.24) is 9.97 Å². The van der Waals surface area contributed by atoms with Gasteiger partial charge >= 0.3 is 0 Å². The summed E-state index contributed by atoms with van der Waals surface area (Å²) in [6.45, 7) is 0.472. The van der Waals surface area contributed by atoms with Gasteiger partial charge in [0, 0.05) is 6.21 Å². The first-order valence-corrected chi connectivity index (χ1v) is 3.14. The standard InChI is InChI=1S/C6H6N4O/c7-6-9-3-4-5(10-6)8-1-2-11-4/h1,3H,2H2,(H2,7,9,10). The number of anilines is 1. The summed E-state index contributed by atoms with van der Waals surface area (Å²) >= 11 is 0. The maximum atomic E-state index is 5.33. The Labute approximate surface area is 62.9 Å². The van der Waals surface area contributed by atoms with Crippen molar-refractivity contribution in [3.05, 3.63) is 6.20 Å². The molecular weight excluding hydrogens is 144 g/mol. The Balaban J connectivity index is 2.54. The minimum Gasteiger partial charge on any atom is -0.482 e. The molecule has 0 fully saturated rings. The van der Waals surface area contributed by atoms with Crippen LogP contribution in [0.2, 0.25) is 0 Å². The van der Waals surface area contributed by atoms with Crippen LogP contribution in [0.25, 0.3) is 0 Å². The predicted molar refractivity (Wildman–Crippen MR) is 40.1 cm³/mol. The van der Waals surface area contributed by atoms with E-state index in [4.69, 9.17) is 10.5 Å². The molecule has 2 rings (SSSR count). The van der Waals surface area contributed by atoms with E-state index in [9.17, 15) is 0 Å². The third kappa shape index (κ3) is 1.000. The van der Waals surface area contributed by atoms with Gasteiger partial charge in [0.2, 0.25) is 5.95 Å². The molecule has 1 aromatic rings. The van der Waals surface area contributed by atoms with Crippen molar-refractivity contribution in [2.45, 2.75) is 0 Å². The number of hydrogen-bond donors (Lipinski definition) is 1. The molecule has 56 valence electrons. The highest BCUT2D eigenvalue weighted by atomic mass is 16.5. The first-order valence-electron chi connectivity index (χ1n) is 3.14. The topological polar surface area (TPSA) is 73.4 Å². The van der Waals surface area contributed by atoms with E-state index in [1.807, 2.05) is 0 Å². The van der Waals surface area contributed by atoms with Crippen LogP contribution in [0.15, 0.2) is 11.2 Å². The van der Waals surface area contributed by atoms with E-state index in [-0.39, 0.29) is 5.95 Å². The maximum Gasteiger partial charge on any atom is 0.222 e. The molecule has 0 saturated carbocycles. The Morgan fingerprint density at radius 3 is 3.36 bits per heavy atom. The lowest BCUT2D eigenvalue weighted by Crippen LogP contribution is -2.05. The Morgan fingerprint density at radius 1 is 1.55 bits per heavy atom. The Morgan fingerprint density at radius 2 is 2.45 bits per heavy atom. The summed E-state index contributed by atoms with van der Waals surface area (Å²) in [5, 5.41) is 0. The fourth-order valence-electron chi connectivity index (χ4n) is 0.820. The molecule has 0 saturated heterocycles. The highest BCUT2D eigenvalue weighted by molar-refractivity contribution is 5.68. The summed E-state index contributed by atoms with van der Waals surface area (Å²) in [7, 11) is 0. The number of hydrogen-bond acceptors (Lipinski definition) is 5. The van der Waals surface area contributed by atoms with Gasteiger partial charge < -0.3 is 10.5 Å². The van der Waals surface area contributed by atoms with Crippen LogP contribution in [0.1, 0.15) is 0 Å². The number of rotatable bonds is 0. The second kappa shape index (κ2) is 2.19. The van der Waals surface area contributed by atoms with Crippen LogP contribution in [0.4, 0.5) is 11.8 Å². The molecule has 1 aliphatic heterocycles. The van der Waals surface area contributed by atoms with E-state index in [0.717, 1.165) is 0 Å². The van der Waals surface area contributed by atoms with E-state index in [2.05, 4.69) is 15.0 Å². The lowest BCUT2D eigenvalue weighted by Gasteiger charge is -2.08. The summed E-state index contributed by atoms with van der Waals surface area (Å²) in [5.74, 6) is 1.30. The monoisotopic (exact) mass is 150 g/mol. The van der Waals surface area contributed by atoms with Gasteiger partial charge in [0.1, 0.15) is 6.61 Å². The lowest BCUT2D eigenvalue weighted by molar-refractivity contribution is 0.373. The van der Waals surface area contributed by atoms with Gasteiger partial charge in [-0.25, -0.2) is 9.98 Å². The number of nitrogens with zero attached hydrogens (tertiary/aromatic N) is 3. The quantitative estimate of drug-likeness (QED) is 0.571. The second-order valence-corrected chi connectivity index (χ2v) is 2.04. The van der Waals surface area contributed by atoms with Crippen molar-refractivity contribution in [3.63, 3.8) is 0 Å². The molecule has 0 unspecified atom stereocenters. The van der Waals surface area contributed by atoms with Crippen molar-refractivity contribution in [2.75, 3.05) is 12.3 Å². The van der Waals surface area contributed by atoms with E-state index >= 15 is 0 Å². The SMILES string of the molecule is Nc1ncc2c(n1)N=CCO2. The van der Waals surface area contributed by atoms with Gasteiger partial charge in [0.25, 0.3) is 0 Å². The molecule has 2 N–H and O–H groups in total. The Bertz CT molecular complexity index is 309. The van der Waals surface area contributed by atoms with Gasteiger partial charge in [0.05, 0.1) is 6.20 Å². The van der Waals surface area contributed by atoms with Crippen molar-refractivity contribution < 1.29 is 4.74 Å². The smallest absolute Gasteiger partial charge is 0.222 e. The van der Waals surface area contributed by atoms with Crippen LogP contribution in [0.3, 0.4) is 0 Å². The molecule has 5 heteroatoms. The fraction of sp³-hybridized carbons (Fsp3) is 0.167. The van der Waals surface area contributed by atoms with Crippen molar-refractivity contribution in [3.8, 4) is 5.75 Å². The highest BCUT2D eigenvalue weighted by Crippen LogP contribution is 2.25. The van der Waals surface area contributed by atoms with E-state index in [1.165, 1.54) is 6.20 Å². The number of nitrogens with two attached hydrogens (primary N) is 1. The maximum absolute atomic E-state index is 5.33. The predicted octanol–water partition coefficient (Wildman–Crippen LogP) is 0.154. The minimum atomic E-state index is 0.214. The molecule has 5 nitrogen and oxygen atoms in total. The molecule has 0 atom stereocenters. The largest absolute Gasteiger partial charge is 0.482 e. The summed E-state index contributed by atoms with van der Waals surface area (Å²) in [6.07, 6.45) is 3.16. The summed E-state index contributed by atoms with van der Waals surface area (Å²) in [5.41, 5.74) is 5.33. The Hall–Kier alpha value is -1.65. The zero-order valence-electron chi connectivity index (χ0n) is 5.69. The molecule has 0 aromatic carbocycles. The number of ether oxygens (including phenoxy) is 1. The number of nitrogen functional groups attached to an aromatic ring is 1. The summed E-state index contributed by atoms with van der Waals surface area (Å²) in [6, 6.07) is 0. The van der Waals surface area contributed by atoms with Gasteiger partial charge in [-0.3, -0.25) is 0 Å². The van der Waals surface area contributed by atoms with Crippen LogP contribution in [0.5, 0.6) is 5.75 Å². The molecule has 1 aliphatic rings. The molecule has 0 amide bonds. The molecule has 1 aromatic heterocycles. The van der Waals surface area contributed by atoms with Crippen LogP contribution in [-0.2, 0) is 0 Å². The van der Waals surface area contributed by atoms with Crippen LogP contribution in [0, 0.1) is 0 Å². The van der Waals surface area contributed by atoms with Crippen molar-refractivity contribution in [1.29, 1.82) is 0 Å². The van der Waals surface area contributed by atoms with Gasteiger partial charge in [-0.2, -0.15) is 4.98 Å². The summed E-state index contributed by atoms with van der Waals surface area (Å²) < 4.78 is 5.15. The van der Waals surface area contributed by atoms with Crippen molar-refractivity contribution >= 4 is 18.0 Å². The van der Waals surface area contributed by atoms with Crippen molar-refractivity contribution in [2.24, 2.45) is 4.99 Å². The van der Waals surface area contributed by atoms with Gasteiger partial charge in [-0.15, -0.1) is 0 Å². The van der Waals surface area contributed by atoms with E-state index in [1.54, 1.807) is 6.21 Å². The van der Waals surface area contributed by atoms with Gasteiger partial charge in [-0.1, -0.05) is 0 Å². The zero-order chi connectivity index (χ0) is 7.68.